The third-order valence-electron chi connectivity index (χ3n) is 5.04. The normalized spacial score (nSPS) is 14.2. The van der Waals surface area contributed by atoms with Gasteiger partial charge in [-0.2, -0.15) is 0 Å². The molecule has 220 valence electrons. The number of benzene rings is 1. The van der Waals surface area contributed by atoms with E-state index in [4.69, 9.17) is 38.9 Å². The molecule has 0 heterocycles. The predicted octanol–water partition coefficient (Wildman–Crippen LogP) is 5.07. The maximum absolute atomic E-state index is 12.5. The third kappa shape index (κ3) is 13.7. The molecule has 0 spiro atoms. The molecule has 12 nitrogen and oxygen atoms in total. The van der Waals surface area contributed by atoms with E-state index < -0.39 is 48.3 Å². The zero-order valence-corrected chi connectivity index (χ0v) is 23.9. The number of carbonyl (C=O) groups is 4. The highest BCUT2D eigenvalue weighted by Crippen LogP contribution is 2.30. The minimum Gasteiger partial charge on any atom is -0.458 e. The van der Waals surface area contributed by atoms with Crippen LogP contribution >= 0.6 is 0 Å². The van der Waals surface area contributed by atoms with Crippen molar-refractivity contribution < 1.29 is 52.3 Å². The van der Waals surface area contributed by atoms with Crippen molar-refractivity contribution in [1.82, 2.24) is 0 Å². The lowest BCUT2D eigenvalue weighted by Crippen LogP contribution is -2.37. The van der Waals surface area contributed by atoms with Crippen molar-refractivity contribution in [3.8, 4) is 11.5 Å². The van der Waals surface area contributed by atoms with Gasteiger partial charge in [-0.1, -0.05) is 19.9 Å². The van der Waals surface area contributed by atoms with Gasteiger partial charge in [0, 0.05) is 0 Å². The van der Waals surface area contributed by atoms with Crippen LogP contribution in [-0.2, 0) is 34.9 Å². The lowest BCUT2D eigenvalue weighted by Gasteiger charge is -2.20. The van der Waals surface area contributed by atoms with E-state index in [1.807, 2.05) is 13.8 Å². The molecule has 0 aliphatic heterocycles. The third-order valence-corrected chi connectivity index (χ3v) is 5.04. The summed E-state index contributed by atoms with van der Waals surface area (Å²) in [5, 5.41) is 0. The van der Waals surface area contributed by atoms with Gasteiger partial charge < -0.3 is 38.9 Å². The number of nitrogens with two attached hydrogens (primary N) is 1. The van der Waals surface area contributed by atoms with Crippen molar-refractivity contribution in [1.29, 1.82) is 0 Å². The molecule has 2 unspecified atom stereocenters. The molecule has 4 atom stereocenters. The van der Waals surface area contributed by atoms with Crippen LogP contribution in [-0.4, -0.2) is 61.0 Å². The number of hydrogen-bond acceptors (Lipinski definition) is 12. The molecule has 0 fully saturated rings. The maximum Gasteiger partial charge on any atom is 0.514 e. The van der Waals surface area contributed by atoms with Crippen LogP contribution in [0.1, 0.15) is 73.8 Å². The lowest BCUT2D eigenvalue weighted by molar-refractivity contribution is -0.152. The van der Waals surface area contributed by atoms with Crippen LogP contribution in [0, 0.1) is 0 Å². The van der Waals surface area contributed by atoms with Gasteiger partial charge in [-0.25, -0.2) is 14.4 Å². The quantitative estimate of drug-likeness (QED) is 0.208. The summed E-state index contributed by atoms with van der Waals surface area (Å²) in [4.78, 5) is 48.5. The molecular formula is C27H41NO11. The summed E-state index contributed by atoms with van der Waals surface area (Å²) >= 11 is 0. The highest BCUT2D eigenvalue weighted by Gasteiger charge is 2.24. The topological polar surface area (TPSA) is 159 Å². The molecule has 0 bridgehead atoms. The van der Waals surface area contributed by atoms with Gasteiger partial charge in [0.15, 0.2) is 11.5 Å². The van der Waals surface area contributed by atoms with Crippen molar-refractivity contribution in [2.24, 2.45) is 5.73 Å². The first-order chi connectivity index (χ1) is 18.1. The van der Waals surface area contributed by atoms with Gasteiger partial charge in [0.25, 0.3) is 0 Å². The Labute approximate surface area is 229 Å². The minimum atomic E-state index is -1.10. The van der Waals surface area contributed by atoms with Gasteiger partial charge in [0.2, 0.25) is 0 Å². The van der Waals surface area contributed by atoms with E-state index in [0.717, 1.165) is 0 Å². The summed E-state index contributed by atoms with van der Waals surface area (Å²) in [5.74, 6) is -0.954. The monoisotopic (exact) mass is 555 g/mol. The second-order valence-electron chi connectivity index (χ2n) is 9.99. The smallest absolute Gasteiger partial charge is 0.458 e. The SMILES string of the molecule is CCC(C)OC(=O)Oc1cc(C[C@H](N)C(=O)OC(C)COC(=O)OC(C)(C)C)ccc1OC(=O)O[C@@H](C)CC. The molecule has 1 aromatic carbocycles. The molecule has 0 aromatic heterocycles. The largest absolute Gasteiger partial charge is 0.514 e. The molecule has 0 radical (unpaired) electrons. The van der Waals surface area contributed by atoms with Gasteiger partial charge in [0.1, 0.15) is 36.6 Å². The average molecular weight is 556 g/mol. The highest BCUT2D eigenvalue weighted by molar-refractivity contribution is 5.76. The Hall–Kier alpha value is -3.54. The number of rotatable bonds is 12. The fraction of sp³-hybridized carbons (Fsp3) is 0.630. The van der Waals surface area contributed by atoms with Crippen molar-refractivity contribution in [2.45, 2.75) is 105 Å². The van der Waals surface area contributed by atoms with Crippen LogP contribution in [0.2, 0.25) is 0 Å². The molecule has 0 amide bonds. The lowest BCUT2D eigenvalue weighted by atomic mass is 10.1. The Kier molecular flexibility index (Phi) is 13.5. The molecule has 0 saturated heterocycles. The van der Waals surface area contributed by atoms with E-state index in [1.165, 1.54) is 19.1 Å². The fourth-order valence-electron chi connectivity index (χ4n) is 2.69. The summed E-state index contributed by atoms with van der Waals surface area (Å²) in [6.45, 7) is 13.5. The van der Waals surface area contributed by atoms with Gasteiger partial charge in [-0.15, -0.1) is 0 Å². The van der Waals surface area contributed by atoms with Crippen molar-refractivity contribution in [3.05, 3.63) is 23.8 Å². The molecule has 0 aliphatic rings. The first-order valence-electron chi connectivity index (χ1n) is 12.8. The van der Waals surface area contributed by atoms with Crippen LogP contribution in [0.25, 0.3) is 0 Å². The van der Waals surface area contributed by atoms with E-state index in [9.17, 15) is 19.2 Å². The van der Waals surface area contributed by atoms with Gasteiger partial charge in [0.05, 0.1) is 0 Å². The second kappa shape index (κ2) is 15.8. The summed E-state index contributed by atoms with van der Waals surface area (Å²) in [5.41, 5.74) is 5.77. The molecule has 1 aromatic rings. The Morgan fingerprint density at radius 3 is 1.85 bits per heavy atom. The molecular weight excluding hydrogens is 514 g/mol. The van der Waals surface area contributed by atoms with E-state index >= 15 is 0 Å². The number of hydrogen-bond donors (Lipinski definition) is 1. The van der Waals surface area contributed by atoms with Crippen molar-refractivity contribution in [2.75, 3.05) is 6.61 Å². The summed E-state index contributed by atoms with van der Waals surface area (Å²) < 4.78 is 36.0. The van der Waals surface area contributed by atoms with Crippen molar-refractivity contribution in [3.63, 3.8) is 0 Å². The van der Waals surface area contributed by atoms with E-state index in [0.29, 0.717) is 18.4 Å². The van der Waals surface area contributed by atoms with Crippen LogP contribution in [0.5, 0.6) is 11.5 Å². The average Bonchev–Trinajstić information content (AvgIpc) is 2.82. The van der Waals surface area contributed by atoms with Gasteiger partial charge in [-0.05, 0) is 78.5 Å². The Morgan fingerprint density at radius 1 is 0.795 bits per heavy atom. The van der Waals surface area contributed by atoms with E-state index in [1.54, 1.807) is 40.7 Å². The summed E-state index contributed by atoms with van der Waals surface area (Å²) in [6.07, 6.45) is -3.27. The Balaban J connectivity index is 2.89. The molecule has 12 heteroatoms. The molecule has 2 N–H and O–H groups in total. The standard InChI is InChI=1S/C27H41NO11/c1-9-16(3)35-25(31)37-21-12-11-19(14-22(21)38-26(32)36-17(4)10-2)13-20(28)23(29)34-18(5)15-33-24(30)39-27(6,7)8/h11-12,14,16-18,20H,9-10,13,15,28H2,1-8H3/t16-,17?,18?,20-/m0/s1. The number of carbonyl (C=O) groups excluding carboxylic acids is 4. The van der Waals surface area contributed by atoms with Crippen LogP contribution in [0.3, 0.4) is 0 Å². The van der Waals surface area contributed by atoms with Crippen LogP contribution < -0.4 is 15.2 Å². The molecule has 0 aliphatic carbocycles. The predicted molar refractivity (Wildman–Crippen MR) is 140 cm³/mol. The van der Waals surface area contributed by atoms with Crippen molar-refractivity contribution >= 4 is 24.4 Å². The molecule has 0 saturated carbocycles. The number of ether oxygens (including phenoxy) is 7. The minimum absolute atomic E-state index is 0.00710. The summed E-state index contributed by atoms with van der Waals surface area (Å²) in [7, 11) is 0. The second-order valence-corrected chi connectivity index (χ2v) is 9.99. The first-order valence-corrected chi connectivity index (χ1v) is 12.8. The fourth-order valence-corrected chi connectivity index (χ4v) is 2.69. The Morgan fingerprint density at radius 2 is 1.33 bits per heavy atom. The van der Waals surface area contributed by atoms with Gasteiger partial charge in [-0.3, -0.25) is 4.79 Å². The van der Waals surface area contributed by atoms with Gasteiger partial charge >= 0.3 is 24.4 Å². The Bertz CT molecular complexity index is 973. The maximum atomic E-state index is 12.5. The molecule has 39 heavy (non-hydrogen) atoms. The van der Waals surface area contributed by atoms with E-state index in [2.05, 4.69) is 0 Å². The summed E-state index contributed by atoms with van der Waals surface area (Å²) in [6, 6.07) is 3.22. The zero-order valence-electron chi connectivity index (χ0n) is 23.9. The molecule has 1 rings (SSSR count). The van der Waals surface area contributed by atoms with Crippen LogP contribution in [0.4, 0.5) is 14.4 Å². The zero-order chi connectivity index (χ0) is 29.8. The first kappa shape index (κ1) is 33.5. The number of esters is 1. The highest BCUT2D eigenvalue weighted by atomic mass is 16.8. The van der Waals surface area contributed by atoms with E-state index in [-0.39, 0.29) is 30.6 Å². The van der Waals surface area contributed by atoms with Crippen LogP contribution in [0.15, 0.2) is 18.2 Å².